The van der Waals surface area contributed by atoms with E-state index in [1.807, 2.05) is 53.2 Å². The molecule has 2 amide bonds. The standard InChI is InChI=1S/C35H48ClN7O4/c1-41-31(21-25-14-15-25)29(22-38-41)33-30(36)23-37-34(40-33)39-27-16-18-28(19-17-27)43(35(45)47-24-26-11-7-6-8-12-26)20-10-5-4-9-13-32(44)42(2)46-3/h6-8,11-12,22-23,25,27-28H,4-5,9-10,13-21,24H2,1-3H3,(H,37,39,40). The van der Waals surface area contributed by atoms with Gasteiger partial charge in [-0.3, -0.25) is 14.3 Å². The Hall–Kier alpha value is -3.70. The van der Waals surface area contributed by atoms with E-state index in [1.54, 1.807) is 13.2 Å². The molecule has 1 N–H and O–H groups in total. The third kappa shape index (κ3) is 9.90. The van der Waals surface area contributed by atoms with Gasteiger partial charge in [0.25, 0.3) is 0 Å². The van der Waals surface area contributed by atoms with Crippen LogP contribution in [0.4, 0.5) is 10.7 Å². The summed E-state index contributed by atoms with van der Waals surface area (Å²) < 4.78 is 7.72. The fraction of sp³-hybridized carbons (Fsp3) is 0.571. The van der Waals surface area contributed by atoms with E-state index >= 15 is 0 Å². The number of hydrogen-bond donors (Lipinski definition) is 1. The first-order chi connectivity index (χ1) is 22.8. The van der Waals surface area contributed by atoms with E-state index < -0.39 is 0 Å². The molecule has 0 unspecified atom stereocenters. The summed E-state index contributed by atoms with van der Waals surface area (Å²) in [5.41, 5.74) is 3.81. The van der Waals surface area contributed by atoms with Crippen LogP contribution in [0, 0.1) is 5.92 Å². The van der Waals surface area contributed by atoms with Gasteiger partial charge in [-0.1, -0.05) is 54.8 Å². The highest BCUT2D eigenvalue weighted by Crippen LogP contribution is 2.37. The van der Waals surface area contributed by atoms with E-state index in [9.17, 15) is 9.59 Å². The normalized spacial score (nSPS) is 17.7. The van der Waals surface area contributed by atoms with Crippen molar-refractivity contribution in [1.82, 2.24) is 29.7 Å². The zero-order valence-corrected chi connectivity index (χ0v) is 28.6. The molecule has 0 atom stereocenters. The molecule has 1 aromatic carbocycles. The Morgan fingerprint density at radius 3 is 2.49 bits per heavy atom. The molecule has 0 bridgehead atoms. The molecule has 254 valence electrons. The molecule has 0 saturated heterocycles. The summed E-state index contributed by atoms with van der Waals surface area (Å²) in [5, 5.41) is 9.82. The predicted octanol–water partition coefficient (Wildman–Crippen LogP) is 6.82. The van der Waals surface area contributed by atoms with Gasteiger partial charge in [-0.25, -0.2) is 19.8 Å². The molecule has 3 aromatic rings. The van der Waals surface area contributed by atoms with E-state index in [-0.39, 0.29) is 30.7 Å². The van der Waals surface area contributed by atoms with Crippen LogP contribution < -0.4 is 5.32 Å². The molecule has 2 saturated carbocycles. The zero-order valence-electron chi connectivity index (χ0n) is 27.9. The van der Waals surface area contributed by atoms with Crippen molar-refractivity contribution in [1.29, 1.82) is 0 Å². The van der Waals surface area contributed by atoms with Gasteiger partial charge in [0.05, 0.1) is 30.2 Å². The summed E-state index contributed by atoms with van der Waals surface area (Å²) in [6.07, 6.45) is 14.1. The van der Waals surface area contributed by atoms with E-state index in [1.165, 1.54) is 25.0 Å². The topological polar surface area (TPSA) is 115 Å². The molecule has 2 aliphatic rings. The van der Waals surface area contributed by atoms with Gasteiger partial charge < -0.3 is 15.0 Å². The number of nitrogens with one attached hydrogen (secondary N) is 1. The fourth-order valence-corrected chi connectivity index (χ4v) is 6.43. The summed E-state index contributed by atoms with van der Waals surface area (Å²) in [6, 6.07) is 10.0. The molecule has 2 aromatic heterocycles. The second kappa shape index (κ2) is 16.9. The molecule has 0 radical (unpaired) electrons. The van der Waals surface area contributed by atoms with Gasteiger partial charge in [0.1, 0.15) is 6.61 Å². The maximum atomic E-state index is 13.4. The minimum atomic E-state index is -0.272. The Kier molecular flexibility index (Phi) is 12.5. The van der Waals surface area contributed by atoms with Crippen molar-refractivity contribution in [3.05, 3.63) is 59.0 Å². The Balaban J connectivity index is 1.16. The number of carbonyl (C=O) groups is 2. The number of halogens is 1. The van der Waals surface area contributed by atoms with Crippen molar-refractivity contribution >= 4 is 29.5 Å². The van der Waals surface area contributed by atoms with Gasteiger partial charge in [-0.15, -0.1) is 0 Å². The fourth-order valence-electron chi connectivity index (χ4n) is 6.23. The third-order valence-corrected chi connectivity index (χ3v) is 9.59. The molecular formula is C35H48ClN7O4. The molecule has 2 aliphatic carbocycles. The zero-order chi connectivity index (χ0) is 33.2. The minimum Gasteiger partial charge on any atom is -0.445 e. The quantitative estimate of drug-likeness (QED) is 0.131. The molecule has 2 heterocycles. The van der Waals surface area contributed by atoms with Crippen molar-refractivity contribution in [2.45, 2.75) is 95.7 Å². The monoisotopic (exact) mass is 665 g/mol. The number of hydroxylamine groups is 2. The molecular weight excluding hydrogens is 618 g/mol. The number of anilines is 1. The summed E-state index contributed by atoms with van der Waals surface area (Å²) in [5.74, 6) is 1.25. The van der Waals surface area contributed by atoms with Crippen molar-refractivity contribution in [3.63, 3.8) is 0 Å². The van der Waals surface area contributed by atoms with Gasteiger partial charge in [0.2, 0.25) is 11.9 Å². The average Bonchev–Trinajstić information content (AvgIpc) is 3.85. The SMILES string of the molecule is CON(C)C(=O)CCCCCCN(C(=O)OCc1ccccc1)C1CCC(Nc2ncc(Cl)c(-c3cnn(C)c3CC3CC3)n2)CC1. The average molecular weight is 666 g/mol. The van der Waals surface area contributed by atoms with E-state index in [2.05, 4.69) is 15.4 Å². The lowest BCUT2D eigenvalue weighted by atomic mass is 9.90. The molecule has 0 aliphatic heterocycles. The second-order valence-electron chi connectivity index (χ2n) is 12.8. The molecule has 12 heteroatoms. The highest BCUT2D eigenvalue weighted by atomic mass is 35.5. The first kappa shape index (κ1) is 34.6. The summed E-state index contributed by atoms with van der Waals surface area (Å²) in [6.45, 7) is 0.873. The number of amides is 2. The van der Waals surface area contributed by atoms with Crippen molar-refractivity contribution in [3.8, 4) is 11.3 Å². The summed E-state index contributed by atoms with van der Waals surface area (Å²) in [4.78, 5) is 41.6. The van der Waals surface area contributed by atoms with E-state index in [0.29, 0.717) is 35.5 Å². The van der Waals surface area contributed by atoms with Crippen molar-refractivity contribution in [2.24, 2.45) is 13.0 Å². The second-order valence-corrected chi connectivity index (χ2v) is 13.2. The van der Waals surface area contributed by atoms with Crippen LogP contribution in [-0.2, 0) is 34.4 Å². The highest BCUT2D eigenvalue weighted by Gasteiger charge is 2.31. The predicted molar refractivity (Wildman–Crippen MR) is 182 cm³/mol. The van der Waals surface area contributed by atoms with Crippen LogP contribution in [0.25, 0.3) is 11.3 Å². The van der Waals surface area contributed by atoms with Gasteiger partial charge >= 0.3 is 6.09 Å². The van der Waals surface area contributed by atoms with Crippen LogP contribution in [0.2, 0.25) is 5.02 Å². The Morgan fingerprint density at radius 2 is 1.77 bits per heavy atom. The van der Waals surface area contributed by atoms with Gasteiger partial charge in [0.15, 0.2) is 0 Å². The Bertz CT molecular complexity index is 1460. The molecule has 2 fully saturated rings. The van der Waals surface area contributed by atoms with E-state index in [0.717, 1.165) is 74.6 Å². The maximum Gasteiger partial charge on any atom is 0.410 e. The van der Waals surface area contributed by atoms with Crippen LogP contribution in [0.3, 0.4) is 0 Å². The van der Waals surface area contributed by atoms with Crippen LogP contribution >= 0.6 is 11.6 Å². The highest BCUT2D eigenvalue weighted by molar-refractivity contribution is 6.33. The third-order valence-electron chi connectivity index (χ3n) is 9.31. The van der Waals surface area contributed by atoms with Crippen LogP contribution in [0.5, 0.6) is 0 Å². The van der Waals surface area contributed by atoms with Gasteiger partial charge in [-0.2, -0.15) is 5.10 Å². The maximum absolute atomic E-state index is 13.4. The number of carbonyl (C=O) groups excluding carboxylic acids is 2. The lowest BCUT2D eigenvalue weighted by molar-refractivity contribution is -0.168. The summed E-state index contributed by atoms with van der Waals surface area (Å²) in [7, 11) is 5.09. The van der Waals surface area contributed by atoms with Crippen LogP contribution in [0.15, 0.2) is 42.7 Å². The molecule has 47 heavy (non-hydrogen) atoms. The van der Waals surface area contributed by atoms with Gasteiger partial charge in [-0.05, 0) is 69.3 Å². The number of aromatic nitrogens is 4. The largest absolute Gasteiger partial charge is 0.445 e. The summed E-state index contributed by atoms with van der Waals surface area (Å²) >= 11 is 6.60. The Labute approximate surface area is 282 Å². The van der Waals surface area contributed by atoms with Crippen LogP contribution in [-0.4, -0.2) is 74.5 Å². The van der Waals surface area contributed by atoms with Crippen LogP contribution in [0.1, 0.15) is 81.9 Å². The first-order valence-corrected chi connectivity index (χ1v) is 17.3. The number of unbranched alkanes of at least 4 members (excludes halogenated alkanes) is 3. The molecule has 11 nitrogen and oxygen atoms in total. The Morgan fingerprint density at radius 1 is 1.02 bits per heavy atom. The van der Waals surface area contributed by atoms with Gasteiger partial charge in [0, 0.05) is 50.4 Å². The lowest BCUT2D eigenvalue weighted by Gasteiger charge is -2.36. The smallest absolute Gasteiger partial charge is 0.410 e. The van der Waals surface area contributed by atoms with Crippen molar-refractivity contribution in [2.75, 3.05) is 26.0 Å². The molecule has 0 spiro atoms. The number of rotatable bonds is 16. The number of hydrogen-bond acceptors (Lipinski definition) is 8. The van der Waals surface area contributed by atoms with E-state index in [4.69, 9.17) is 26.2 Å². The molecule has 5 rings (SSSR count). The number of benzene rings is 1. The number of ether oxygens (including phenoxy) is 1. The number of aryl methyl sites for hydroxylation is 1. The van der Waals surface area contributed by atoms with Crippen molar-refractivity contribution < 1.29 is 19.2 Å². The first-order valence-electron chi connectivity index (χ1n) is 16.9. The lowest BCUT2D eigenvalue weighted by Crippen LogP contribution is -2.44. The number of nitrogens with zero attached hydrogens (tertiary/aromatic N) is 6. The minimum absolute atomic E-state index is 0.0281.